The van der Waals surface area contributed by atoms with E-state index >= 15 is 0 Å². The maximum atomic E-state index is 12.9. The topological polar surface area (TPSA) is 114 Å². The Morgan fingerprint density at radius 3 is 2.69 bits per heavy atom. The van der Waals surface area contributed by atoms with Gasteiger partial charge >= 0.3 is 0 Å². The Kier molecular flexibility index (Phi) is 7.96. The first-order chi connectivity index (χ1) is 15.4. The Labute approximate surface area is 190 Å². The van der Waals surface area contributed by atoms with Crippen molar-refractivity contribution in [2.75, 3.05) is 25.6 Å². The summed E-state index contributed by atoms with van der Waals surface area (Å²) in [6, 6.07) is 13.4. The fourth-order valence-electron chi connectivity index (χ4n) is 3.11. The molecule has 0 radical (unpaired) electrons. The second-order valence-corrected chi connectivity index (χ2v) is 8.23. The highest BCUT2D eigenvalue weighted by atomic mass is 32.2. The average molecular weight is 457 g/mol. The summed E-state index contributed by atoms with van der Waals surface area (Å²) in [7, 11) is 1.55. The molecule has 2 aromatic carbocycles. The number of amidine groups is 1. The minimum Gasteiger partial charge on any atom is -0.383 e. The molecule has 1 heterocycles. The van der Waals surface area contributed by atoms with Crippen LogP contribution < -0.4 is 5.32 Å². The molecule has 0 spiro atoms. The van der Waals surface area contributed by atoms with Crippen LogP contribution in [-0.2, 0) is 20.7 Å². The minimum absolute atomic E-state index is 0.0799. The molecule has 10 heteroatoms. The highest BCUT2D eigenvalue weighted by Gasteiger charge is 2.39. The average Bonchev–Trinajstić information content (AvgIpc) is 3.06. The molecule has 0 saturated carbocycles. The van der Waals surface area contributed by atoms with E-state index in [1.165, 1.54) is 40.4 Å². The summed E-state index contributed by atoms with van der Waals surface area (Å²) >= 11 is 1.23. The van der Waals surface area contributed by atoms with Gasteiger partial charge in [0.25, 0.3) is 5.69 Å². The van der Waals surface area contributed by atoms with Gasteiger partial charge in [0.2, 0.25) is 11.8 Å². The van der Waals surface area contributed by atoms with E-state index in [-0.39, 0.29) is 18.0 Å². The van der Waals surface area contributed by atoms with E-state index in [0.29, 0.717) is 24.0 Å². The Morgan fingerprint density at radius 1 is 1.28 bits per heavy atom. The zero-order valence-electron chi connectivity index (χ0n) is 17.8. The van der Waals surface area contributed by atoms with Crippen molar-refractivity contribution < 1.29 is 19.2 Å². The predicted octanol–water partition coefficient (Wildman–Crippen LogP) is 3.76. The highest BCUT2D eigenvalue weighted by molar-refractivity contribution is 8.15. The Hall–Kier alpha value is -3.24. The molecule has 2 aromatic rings. The Bertz CT molecular complexity index is 1030. The molecule has 0 aromatic heterocycles. The molecule has 1 saturated heterocycles. The van der Waals surface area contributed by atoms with Gasteiger partial charge in [0.1, 0.15) is 5.25 Å². The van der Waals surface area contributed by atoms with E-state index in [2.05, 4.69) is 17.2 Å². The second kappa shape index (κ2) is 10.9. The first-order valence-electron chi connectivity index (χ1n) is 10.1. The number of nitrogens with zero attached hydrogens (tertiary/aromatic N) is 3. The van der Waals surface area contributed by atoms with Crippen LogP contribution in [0.1, 0.15) is 18.9 Å². The third-order valence-corrected chi connectivity index (χ3v) is 6.00. The van der Waals surface area contributed by atoms with Gasteiger partial charge in [0.05, 0.1) is 23.8 Å². The van der Waals surface area contributed by atoms with Crippen molar-refractivity contribution in [3.63, 3.8) is 0 Å². The molecule has 168 valence electrons. The summed E-state index contributed by atoms with van der Waals surface area (Å²) in [5, 5.41) is 13.4. The van der Waals surface area contributed by atoms with Crippen molar-refractivity contribution in [3.05, 3.63) is 64.2 Å². The number of benzene rings is 2. The van der Waals surface area contributed by atoms with Crippen LogP contribution in [0.2, 0.25) is 0 Å². The van der Waals surface area contributed by atoms with E-state index in [1.54, 1.807) is 13.2 Å². The van der Waals surface area contributed by atoms with Crippen LogP contribution in [0.15, 0.2) is 53.5 Å². The second-order valence-electron chi connectivity index (χ2n) is 7.06. The molecule has 32 heavy (non-hydrogen) atoms. The number of hydrogen-bond acceptors (Lipinski definition) is 7. The van der Waals surface area contributed by atoms with Crippen LogP contribution in [-0.4, -0.2) is 52.3 Å². The number of nitrogens with one attached hydrogen (secondary N) is 1. The zero-order valence-corrected chi connectivity index (χ0v) is 18.6. The number of aliphatic imine (C=N–C) groups is 1. The standard InChI is InChI=1S/C22H24N4O5S/c1-3-15-7-9-16(10-8-15)24-22-25(11-12-31-2)21(28)19(32-22)14-20(27)23-17-5-4-6-18(13-17)26(29)30/h4-10,13,19H,3,11-12,14H2,1-2H3,(H,23,27). The van der Waals surface area contributed by atoms with Gasteiger partial charge in [-0.2, -0.15) is 0 Å². The molecule has 1 aliphatic heterocycles. The number of rotatable bonds is 9. The summed E-state index contributed by atoms with van der Waals surface area (Å²) in [5.41, 5.74) is 2.10. The van der Waals surface area contributed by atoms with Crippen LogP contribution in [0.3, 0.4) is 0 Å². The fraction of sp³-hybridized carbons (Fsp3) is 0.318. The Balaban J connectivity index is 1.72. The molecule has 2 amide bonds. The maximum Gasteiger partial charge on any atom is 0.271 e. The van der Waals surface area contributed by atoms with Crippen molar-refractivity contribution in [1.82, 2.24) is 4.90 Å². The summed E-state index contributed by atoms with van der Waals surface area (Å²) in [6.07, 6.45) is 0.843. The minimum atomic E-state index is -0.640. The number of aryl methyl sites for hydroxylation is 1. The van der Waals surface area contributed by atoms with E-state index in [4.69, 9.17) is 4.74 Å². The van der Waals surface area contributed by atoms with Gasteiger partial charge in [0, 0.05) is 31.4 Å². The number of ether oxygens (including phenoxy) is 1. The molecular formula is C22H24N4O5S. The molecule has 0 bridgehead atoms. The first kappa shape index (κ1) is 23.4. The number of hydrogen-bond donors (Lipinski definition) is 1. The molecule has 0 aliphatic carbocycles. The van der Waals surface area contributed by atoms with Crippen molar-refractivity contribution in [2.24, 2.45) is 4.99 Å². The number of nitro benzene ring substituents is 1. The fourth-order valence-corrected chi connectivity index (χ4v) is 4.29. The molecule has 3 rings (SSSR count). The van der Waals surface area contributed by atoms with Crippen LogP contribution in [0, 0.1) is 10.1 Å². The molecule has 1 N–H and O–H groups in total. The molecular weight excluding hydrogens is 432 g/mol. The van der Waals surface area contributed by atoms with E-state index in [0.717, 1.165) is 12.1 Å². The number of nitro groups is 1. The molecule has 9 nitrogen and oxygen atoms in total. The van der Waals surface area contributed by atoms with E-state index in [9.17, 15) is 19.7 Å². The summed E-state index contributed by atoms with van der Waals surface area (Å²) in [5.74, 6) is -0.623. The SMILES string of the molecule is CCc1ccc(N=C2SC(CC(=O)Nc3cccc([N+](=O)[O-])c3)C(=O)N2CCOC)cc1. The molecule has 1 atom stereocenters. The molecule has 1 aliphatic rings. The van der Waals surface area contributed by atoms with E-state index < -0.39 is 16.1 Å². The van der Waals surface area contributed by atoms with Crippen molar-refractivity contribution >= 4 is 45.8 Å². The normalized spacial score (nSPS) is 17.1. The number of anilines is 1. The lowest BCUT2D eigenvalue weighted by molar-refractivity contribution is -0.384. The lowest BCUT2D eigenvalue weighted by atomic mass is 10.2. The van der Waals surface area contributed by atoms with Crippen LogP contribution in [0.4, 0.5) is 17.1 Å². The largest absolute Gasteiger partial charge is 0.383 e. The summed E-state index contributed by atoms with van der Waals surface area (Å²) in [4.78, 5) is 42.0. The number of amides is 2. The molecule has 1 fully saturated rings. The monoisotopic (exact) mass is 456 g/mol. The molecule has 1 unspecified atom stereocenters. The van der Waals surface area contributed by atoms with Gasteiger partial charge < -0.3 is 10.1 Å². The maximum absolute atomic E-state index is 12.9. The zero-order chi connectivity index (χ0) is 23.1. The number of methoxy groups -OCH3 is 1. The number of non-ortho nitro benzene ring substituents is 1. The van der Waals surface area contributed by atoms with Crippen LogP contribution >= 0.6 is 11.8 Å². The highest BCUT2D eigenvalue weighted by Crippen LogP contribution is 2.32. The van der Waals surface area contributed by atoms with Gasteiger partial charge in [-0.3, -0.25) is 24.6 Å². The predicted molar refractivity (Wildman–Crippen MR) is 124 cm³/mol. The van der Waals surface area contributed by atoms with Crippen molar-refractivity contribution in [1.29, 1.82) is 0 Å². The van der Waals surface area contributed by atoms with Crippen LogP contribution in [0.25, 0.3) is 0 Å². The van der Waals surface area contributed by atoms with Crippen LogP contribution in [0.5, 0.6) is 0 Å². The van der Waals surface area contributed by atoms with Crippen molar-refractivity contribution in [3.8, 4) is 0 Å². The third kappa shape index (κ3) is 5.92. The van der Waals surface area contributed by atoms with Gasteiger partial charge in [-0.05, 0) is 30.2 Å². The number of carbonyl (C=O) groups excluding carboxylic acids is 2. The summed E-state index contributed by atoms with van der Waals surface area (Å²) < 4.78 is 5.11. The van der Waals surface area contributed by atoms with Gasteiger partial charge in [-0.25, -0.2) is 4.99 Å². The lowest BCUT2D eigenvalue weighted by Crippen LogP contribution is -2.35. The number of carbonyl (C=O) groups is 2. The van der Waals surface area contributed by atoms with E-state index in [1.807, 2.05) is 24.3 Å². The lowest BCUT2D eigenvalue weighted by Gasteiger charge is -2.15. The number of thioether (sulfide) groups is 1. The first-order valence-corrected chi connectivity index (χ1v) is 11.0. The Morgan fingerprint density at radius 2 is 2.03 bits per heavy atom. The van der Waals surface area contributed by atoms with Gasteiger partial charge in [-0.15, -0.1) is 0 Å². The van der Waals surface area contributed by atoms with Gasteiger partial charge in [0.15, 0.2) is 5.17 Å². The van der Waals surface area contributed by atoms with Gasteiger partial charge in [-0.1, -0.05) is 36.9 Å². The quantitative estimate of drug-likeness (QED) is 0.454. The summed E-state index contributed by atoms with van der Waals surface area (Å²) in [6.45, 7) is 2.74. The van der Waals surface area contributed by atoms with Crippen molar-refractivity contribution in [2.45, 2.75) is 25.0 Å². The third-order valence-electron chi connectivity index (χ3n) is 4.82. The smallest absolute Gasteiger partial charge is 0.271 e.